The normalized spacial score (nSPS) is 14.5. The number of hydrogen-bond donors (Lipinski definition) is 3. The largest absolute Gasteiger partial charge is 0.472 e. The van der Waals surface area contributed by atoms with E-state index in [0.29, 0.717) is 25.7 Å². The summed E-state index contributed by atoms with van der Waals surface area (Å²) in [6.45, 7) is 11.8. The van der Waals surface area contributed by atoms with E-state index in [4.69, 9.17) is 37.0 Å². The van der Waals surface area contributed by atoms with Crippen LogP contribution >= 0.6 is 15.6 Å². The van der Waals surface area contributed by atoms with Gasteiger partial charge in [0.15, 0.2) is 12.2 Å². The second kappa shape index (κ2) is 60.0. The van der Waals surface area contributed by atoms with E-state index in [1.54, 1.807) is 0 Å². The molecular weight excluding hydrogens is 1160 g/mol. The minimum Gasteiger partial charge on any atom is -0.462 e. The summed E-state index contributed by atoms with van der Waals surface area (Å²) >= 11 is 0. The highest BCUT2D eigenvalue weighted by Crippen LogP contribution is 2.45. The molecule has 0 aliphatic rings. The van der Waals surface area contributed by atoms with Crippen LogP contribution in [-0.4, -0.2) is 96.7 Å². The van der Waals surface area contributed by atoms with Gasteiger partial charge in [-0.05, 0) is 43.4 Å². The number of rotatable bonds is 67. The first-order valence-electron chi connectivity index (χ1n) is 35.9. The molecule has 0 aromatic rings. The van der Waals surface area contributed by atoms with E-state index in [1.807, 2.05) is 0 Å². The van der Waals surface area contributed by atoms with Gasteiger partial charge in [0.25, 0.3) is 0 Å². The Morgan fingerprint density at radius 2 is 0.580 bits per heavy atom. The summed E-state index contributed by atoms with van der Waals surface area (Å²) in [4.78, 5) is 72.5. The topological polar surface area (TPSA) is 237 Å². The van der Waals surface area contributed by atoms with Crippen LogP contribution in [0, 0.1) is 17.8 Å². The lowest BCUT2D eigenvalue weighted by molar-refractivity contribution is -0.161. The minimum atomic E-state index is -4.95. The average Bonchev–Trinajstić information content (AvgIpc) is 3.49. The third-order valence-corrected chi connectivity index (χ3v) is 18.1. The summed E-state index contributed by atoms with van der Waals surface area (Å²) in [6, 6.07) is 0. The van der Waals surface area contributed by atoms with Crippen molar-refractivity contribution in [3.05, 3.63) is 0 Å². The summed E-state index contributed by atoms with van der Waals surface area (Å²) in [5.74, 6) is 0.155. The molecule has 0 saturated heterocycles. The Balaban J connectivity index is 5.26. The summed E-state index contributed by atoms with van der Waals surface area (Å²) in [7, 11) is -9.90. The second-order valence-electron chi connectivity index (χ2n) is 26.1. The van der Waals surface area contributed by atoms with Crippen molar-refractivity contribution in [3.8, 4) is 0 Å². The molecule has 3 unspecified atom stereocenters. The van der Waals surface area contributed by atoms with Crippen LogP contribution in [0.1, 0.15) is 344 Å². The van der Waals surface area contributed by atoms with E-state index in [2.05, 4.69) is 48.5 Å². The van der Waals surface area contributed by atoms with Gasteiger partial charge in [0.05, 0.1) is 26.4 Å². The Morgan fingerprint density at radius 1 is 0.330 bits per heavy atom. The highest BCUT2D eigenvalue weighted by atomic mass is 31.2. The first kappa shape index (κ1) is 86.1. The number of aliphatic hydroxyl groups excluding tert-OH is 1. The van der Waals surface area contributed by atoms with Gasteiger partial charge in [-0.3, -0.25) is 37.3 Å². The molecule has 0 aromatic heterocycles. The quantitative estimate of drug-likeness (QED) is 0.0222. The van der Waals surface area contributed by atoms with Crippen molar-refractivity contribution < 1.29 is 80.2 Å². The SMILES string of the molecule is CCCCCCCCCCCCC(=O)OC[C@H](COP(=O)(O)OC[C@H](O)COP(=O)(O)OC[C@@H](COC(=O)CCCCCCCCCCCC(C)C)OC(=O)CCCCCCCCCCCCC(C)CC)OC(=O)CCCCCCCCCCCC(C)C. The molecule has 0 fully saturated rings. The fraction of sp³-hybridized carbons (Fsp3) is 0.942. The molecule has 0 rings (SSSR count). The number of aliphatic hydroxyl groups is 1. The van der Waals surface area contributed by atoms with E-state index in [0.717, 1.165) is 108 Å². The van der Waals surface area contributed by atoms with Gasteiger partial charge in [-0.25, -0.2) is 9.13 Å². The zero-order valence-electron chi connectivity index (χ0n) is 57.2. The van der Waals surface area contributed by atoms with Crippen molar-refractivity contribution in [2.75, 3.05) is 39.6 Å². The maximum absolute atomic E-state index is 13.0. The molecule has 0 spiro atoms. The van der Waals surface area contributed by atoms with Gasteiger partial charge in [0.1, 0.15) is 19.3 Å². The molecule has 0 amide bonds. The number of carbonyl (C=O) groups is 4. The lowest BCUT2D eigenvalue weighted by Gasteiger charge is -2.21. The predicted molar refractivity (Wildman–Crippen MR) is 354 cm³/mol. The van der Waals surface area contributed by atoms with Crippen LogP contribution in [0.25, 0.3) is 0 Å². The van der Waals surface area contributed by atoms with Crippen LogP contribution in [0.5, 0.6) is 0 Å². The lowest BCUT2D eigenvalue weighted by atomic mass is 9.99. The molecule has 0 bridgehead atoms. The van der Waals surface area contributed by atoms with Crippen LogP contribution in [0.3, 0.4) is 0 Å². The molecule has 0 radical (unpaired) electrons. The number of ether oxygens (including phenoxy) is 4. The molecular formula is C69H134O17P2. The van der Waals surface area contributed by atoms with Gasteiger partial charge >= 0.3 is 39.5 Å². The van der Waals surface area contributed by atoms with Gasteiger partial charge in [-0.15, -0.1) is 0 Å². The first-order valence-corrected chi connectivity index (χ1v) is 38.9. The summed E-state index contributed by atoms with van der Waals surface area (Å²) in [6.07, 6.45) is 42.9. The summed E-state index contributed by atoms with van der Waals surface area (Å²) in [5.41, 5.74) is 0. The molecule has 0 saturated carbocycles. The maximum atomic E-state index is 13.0. The van der Waals surface area contributed by atoms with Crippen LogP contribution in [0.15, 0.2) is 0 Å². The molecule has 3 N–H and O–H groups in total. The molecule has 0 heterocycles. The summed E-state index contributed by atoms with van der Waals surface area (Å²) in [5, 5.41) is 10.6. The first-order chi connectivity index (χ1) is 42.3. The van der Waals surface area contributed by atoms with Gasteiger partial charge < -0.3 is 33.8 Å². The van der Waals surface area contributed by atoms with Crippen LogP contribution in [0.2, 0.25) is 0 Å². The second-order valence-corrected chi connectivity index (χ2v) is 29.0. The van der Waals surface area contributed by atoms with Crippen molar-refractivity contribution in [2.45, 2.75) is 362 Å². The number of esters is 4. The number of carbonyl (C=O) groups excluding carboxylic acids is 4. The predicted octanol–water partition coefficient (Wildman–Crippen LogP) is 19.5. The van der Waals surface area contributed by atoms with E-state index in [1.165, 1.54) is 154 Å². The van der Waals surface area contributed by atoms with Crippen LogP contribution in [0.4, 0.5) is 0 Å². The van der Waals surface area contributed by atoms with Gasteiger partial charge in [-0.1, -0.05) is 292 Å². The lowest BCUT2D eigenvalue weighted by Crippen LogP contribution is -2.30. The van der Waals surface area contributed by atoms with Crippen molar-refractivity contribution in [3.63, 3.8) is 0 Å². The highest BCUT2D eigenvalue weighted by molar-refractivity contribution is 7.47. The molecule has 522 valence electrons. The number of hydrogen-bond acceptors (Lipinski definition) is 15. The molecule has 0 aliphatic carbocycles. The van der Waals surface area contributed by atoms with E-state index < -0.39 is 97.5 Å². The molecule has 17 nitrogen and oxygen atoms in total. The Morgan fingerprint density at radius 3 is 0.864 bits per heavy atom. The maximum Gasteiger partial charge on any atom is 0.472 e. The zero-order chi connectivity index (χ0) is 65.2. The van der Waals surface area contributed by atoms with Gasteiger partial charge in [0.2, 0.25) is 0 Å². The summed E-state index contributed by atoms with van der Waals surface area (Å²) < 4.78 is 68.2. The van der Waals surface area contributed by atoms with Gasteiger partial charge in [-0.2, -0.15) is 0 Å². The number of phosphoric acid groups is 2. The Kier molecular flexibility index (Phi) is 58.7. The van der Waals surface area contributed by atoms with E-state index >= 15 is 0 Å². The van der Waals surface area contributed by atoms with E-state index in [-0.39, 0.29) is 25.7 Å². The third kappa shape index (κ3) is 61.6. The number of phosphoric ester groups is 2. The third-order valence-electron chi connectivity index (χ3n) is 16.2. The van der Waals surface area contributed by atoms with Crippen molar-refractivity contribution in [1.82, 2.24) is 0 Å². The Labute approximate surface area is 537 Å². The van der Waals surface area contributed by atoms with Crippen LogP contribution < -0.4 is 0 Å². The molecule has 19 heteroatoms. The Bertz CT molecular complexity index is 1730. The number of unbranched alkanes of at least 4 members (excludes halogenated alkanes) is 34. The van der Waals surface area contributed by atoms with Crippen molar-refractivity contribution in [1.29, 1.82) is 0 Å². The average molecular weight is 1300 g/mol. The minimum absolute atomic E-state index is 0.105. The monoisotopic (exact) mass is 1300 g/mol. The van der Waals surface area contributed by atoms with Gasteiger partial charge in [0, 0.05) is 25.7 Å². The molecule has 6 atom stereocenters. The fourth-order valence-corrected chi connectivity index (χ4v) is 11.9. The molecule has 0 aliphatic heterocycles. The van der Waals surface area contributed by atoms with Crippen molar-refractivity contribution >= 4 is 39.5 Å². The van der Waals surface area contributed by atoms with Crippen LogP contribution in [-0.2, 0) is 65.4 Å². The highest BCUT2D eigenvalue weighted by Gasteiger charge is 2.30. The molecule has 88 heavy (non-hydrogen) atoms. The van der Waals surface area contributed by atoms with Crippen molar-refractivity contribution in [2.24, 2.45) is 17.8 Å². The Hall–Kier alpha value is -1.94. The zero-order valence-corrected chi connectivity index (χ0v) is 59.0. The van der Waals surface area contributed by atoms with E-state index in [9.17, 15) is 43.2 Å². The standard InChI is InChI=1S/C69H134O17P2/c1-8-10-11-12-13-14-22-29-36-43-50-66(71)79-56-65(86-69(74)53-46-39-32-25-18-20-27-34-41-48-61(5)6)59-84-88(77,78)82-55-63(70)54-81-87(75,76)83-58-64(57-80-67(72)51-44-37-30-24-17-19-26-33-40-47-60(3)4)85-68(73)52-45-38-31-23-16-15-21-28-35-42-49-62(7)9-2/h60-65,70H,8-59H2,1-7H3,(H,75,76)(H,77,78)/t62?,63-,64-,65-/m1/s1. The smallest absolute Gasteiger partial charge is 0.462 e. The fourth-order valence-electron chi connectivity index (χ4n) is 10.3. The molecule has 0 aromatic carbocycles.